The Kier molecular flexibility index (Phi) is 6.35. The first-order chi connectivity index (χ1) is 11.2. The summed E-state index contributed by atoms with van der Waals surface area (Å²) in [6, 6.07) is 12.3. The molecule has 0 radical (unpaired) electrons. The maximum atomic E-state index is 13.1. The van der Waals surface area contributed by atoms with Crippen LogP contribution in [0.1, 0.15) is 5.56 Å². The maximum Gasteiger partial charge on any atom is 0.191 e. The van der Waals surface area contributed by atoms with Crippen molar-refractivity contribution < 1.29 is 13.5 Å². The van der Waals surface area contributed by atoms with Gasteiger partial charge >= 0.3 is 0 Å². The van der Waals surface area contributed by atoms with Gasteiger partial charge in [-0.25, -0.2) is 8.78 Å². The molecule has 0 saturated heterocycles. The molecule has 2 rings (SSSR count). The summed E-state index contributed by atoms with van der Waals surface area (Å²) in [5.41, 5.74) is 0.823. The Morgan fingerprint density at radius 1 is 1.04 bits per heavy atom. The average Bonchev–Trinajstić information content (AvgIpc) is 2.54. The number of halogens is 2. The third-order valence-corrected chi connectivity index (χ3v) is 3.03. The molecule has 4 nitrogen and oxygen atoms in total. The molecule has 2 N–H and O–H groups in total. The average molecular weight is 319 g/mol. The second-order valence-corrected chi connectivity index (χ2v) is 4.79. The predicted molar refractivity (Wildman–Crippen MR) is 86.5 cm³/mol. The van der Waals surface area contributed by atoms with Crippen molar-refractivity contribution in [2.75, 3.05) is 20.2 Å². The fourth-order valence-corrected chi connectivity index (χ4v) is 1.95. The van der Waals surface area contributed by atoms with Crippen LogP contribution in [0.5, 0.6) is 5.75 Å². The van der Waals surface area contributed by atoms with Crippen LogP contribution in [-0.4, -0.2) is 26.2 Å². The number of benzene rings is 2. The molecule has 2 aromatic rings. The van der Waals surface area contributed by atoms with E-state index < -0.39 is 0 Å². The van der Waals surface area contributed by atoms with E-state index >= 15 is 0 Å². The van der Waals surface area contributed by atoms with Crippen LogP contribution in [0.3, 0.4) is 0 Å². The van der Waals surface area contributed by atoms with E-state index in [1.807, 2.05) is 6.07 Å². The smallest absolute Gasteiger partial charge is 0.191 e. The van der Waals surface area contributed by atoms with Crippen LogP contribution in [0.15, 0.2) is 53.5 Å². The van der Waals surface area contributed by atoms with Crippen molar-refractivity contribution in [1.29, 1.82) is 0 Å². The molecule has 0 unspecified atom stereocenters. The summed E-state index contributed by atoms with van der Waals surface area (Å²) in [6.45, 7) is 1.33. The monoisotopic (exact) mass is 319 g/mol. The summed E-state index contributed by atoms with van der Waals surface area (Å²) in [5, 5.41) is 6.14. The highest BCUT2D eigenvalue weighted by Crippen LogP contribution is 2.11. The minimum atomic E-state index is -0.331. The van der Waals surface area contributed by atoms with Gasteiger partial charge in [0.25, 0.3) is 0 Å². The first-order valence-corrected chi connectivity index (χ1v) is 7.24. The summed E-state index contributed by atoms with van der Waals surface area (Å²) in [7, 11) is 1.65. The molecule has 0 aliphatic rings. The number of ether oxygens (including phenoxy) is 1. The van der Waals surface area contributed by atoms with Gasteiger partial charge in [0.1, 0.15) is 24.0 Å². The maximum absolute atomic E-state index is 13.1. The number of aliphatic imine (C=N–C) groups is 1. The molecule has 0 aliphatic carbocycles. The number of hydrogen-bond donors (Lipinski definition) is 2. The van der Waals surface area contributed by atoms with Crippen molar-refractivity contribution in [1.82, 2.24) is 10.6 Å². The molecule has 0 fully saturated rings. The Labute approximate surface area is 134 Å². The number of hydrogen-bond acceptors (Lipinski definition) is 2. The molecule has 0 heterocycles. The highest BCUT2D eigenvalue weighted by atomic mass is 19.1. The lowest BCUT2D eigenvalue weighted by Gasteiger charge is -2.12. The Morgan fingerprint density at radius 2 is 1.78 bits per heavy atom. The fraction of sp³-hybridized carbons (Fsp3) is 0.235. The minimum absolute atomic E-state index is 0.268. The topological polar surface area (TPSA) is 45.7 Å². The van der Waals surface area contributed by atoms with Gasteiger partial charge in [-0.1, -0.05) is 18.2 Å². The van der Waals surface area contributed by atoms with Gasteiger partial charge in [0.2, 0.25) is 0 Å². The van der Waals surface area contributed by atoms with Gasteiger partial charge in [0, 0.05) is 19.7 Å². The lowest BCUT2D eigenvalue weighted by atomic mass is 10.2. The van der Waals surface area contributed by atoms with Crippen LogP contribution in [0.25, 0.3) is 0 Å². The number of rotatable bonds is 6. The van der Waals surface area contributed by atoms with Gasteiger partial charge in [-0.05, 0) is 29.8 Å². The quantitative estimate of drug-likeness (QED) is 0.489. The van der Waals surface area contributed by atoms with E-state index in [9.17, 15) is 8.78 Å². The standard InChI is InChI=1S/C17H19F2N3O/c1-20-17(22-12-13-4-2-5-14(18)10-13)21-8-9-23-16-7-3-6-15(19)11-16/h2-7,10-11H,8-9,12H2,1H3,(H2,20,21,22). The van der Waals surface area contributed by atoms with Crippen molar-refractivity contribution in [3.05, 3.63) is 65.7 Å². The van der Waals surface area contributed by atoms with Gasteiger partial charge < -0.3 is 15.4 Å². The Bertz CT molecular complexity index is 662. The molecule has 6 heteroatoms. The molecule has 0 aromatic heterocycles. The van der Waals surface area contributed by atoms with E-state index in [4.69, 9.17) is 4.74 Å². The molecule has 0 atom stereocenters. The van der Waals surface area contributed by atoms with Crippen molar-refractivity contribution in [3.63, 3.8) is 0 Å². The van der Waals surface area contributed by atoms with Crippen molar-refractivity contribution in [2.24, 2.45) is 4.99 Å². The van der Waals surface area contributed by atoms with E-state index in [0.717, 1.165) is 5.56 Å². The Morgan fingerprint density at radius 3 is 2.48 bits per heavy atom. The zero-order valence-corrected chi connectivity index (χ0v) is 12.9. The van der Waals surface area contributed by atoms with Gasteiger partial charge in [0.15, 0.2) is 5.96 Å². The van der Waals surface area contributed by atoms with Gasteiger partial charge in [-0.15, -0.1) is 0 Å². The first kappa shape index (κ1) is 16.7. The van der Waals surface area contributed by atoms with Crippen molar-refractivity contribution in [3.8, 4) is 5.75 Å². The van der Waals surface area contributed by atoms with E-state index in [0.29, 0.717) is 31.4 Å². The summed E-state index contributed by atoms with van der Waals surface area (Å²) in [6.07, 6.45) is 0. The third kappa shape index (κ3) is 5.94. The summed E-state index contributed by atoms with van der Waals surface area (Å²) >= 11 is 0. The molecule has 122 valence electrons. The Balaban J connectivity index is 1.71. The molecular weight excluding hydrogens is 300 g/mol. The lowest BCUT2D eigenvalue weighted by Crippen LogP contribution is -2.38. The highest BCUT2D eigenvalue weighted by Gasteiger charge is 2.00. The summed E-state index contributed by atoms with van der Waals surface area (Å²) in [4.78, 5) is 4.07. The SMILES string of the molecule is CN=C(NCCOc1cccc(F)c1)NCc1cccc(F)c1. The molecular formula is C17H19F2N3O. The summed E-state index contributed by atoms with van der Waals surface area (Å²) < 4.78 is 31.5. The second-order valence-electron chi connectivity index (χ2n) is 4.79. The molecule has 23 heavy (non-hydrogen) atoms. The predicted octanol–water partition coefficient (Wildman–Crippen LogP) is 2.71. The molecule has 0 amide bonds. The van der Waals surface area contributed by atoms with Gasteiger partial charge in [-0.3, -0.25) is 4.99 Å². The van der Waals surface area contributed by atoms with Crippen molar-refractivity contribution in [2.45, 2.75) is 6.54 Å². The minimum Gasteiger partial charge on any atom is -0.492 e. The fourth-order valence-electron chi connectivity index (χ4n) is 1.95. The normalized spacial score (nSPS) is 11.2. The Hall–Kier alpha value is -2.63. The first-order valence-electron chi connectivity index (χ1n) is 7.24. The second kappa shape index (κ2) is 8.73. The molecule has 0 spiro atoms. The van der Waals surface area contributed by atoms with Crippen LogP contribution < -0.4 is 15.4 Å². The zero-order valence-electron chi connectivity index (χ0n) is 12.9. The third-order valence-electron chi connectivity index (χ3n) is 3.03. The van der Waals surface area contributed by atoms with Gasteiger partial charge in [-0.2, -0.15) is 0 Å². The molecule has 2 aromatic carbocycles. The molecule has 0 bridgehead atoms. The van der Waals surface area contributed by atoms with Crippen LogP contribution in [-0.2, 0) is 6.54 Å². The number of nitrogens with one attached hydrogen (secondary N) is 2. The van der Waals surface area contributed by atoms with Gasteiger partial charge in [0.05, 0.1) is 6.54 Å². The molecule has 0 saturated carbocycles. The van der Waals surface area contributed by atoms with E-state index in [2.05, 4.69) is 15.6 Å². The largest absolute Gasteiger partial charge is 0.492 e. The van der Waals surface area contributed by atoms with Crippen LogP contribution >= 0.6 is 0 Å². The van der Waals surface area contributed by atoms with Crippen LogP contribution in [0, 0.1) is 11.6 Å². The number of guanidine groups is 1. The summed E-state index contributed by atoms with van der Waals surface area (Å²) in [5.74, 6) is 0.463. The molecule has 0 aliphatic heterocycles. The number of nitrogens with zero attached hydrogens (tertiary/aromatic N) is 1. The lowest BCUT2D eigenvalue weighted by molar-refractivity contribution is 0.320. The van der Waals surface area contributed by atoms with Crippen LogP contribution in [0.2, 0.25) is 0 Å². The van der Waals surface area contributed by atoms with E-state index in [-0.39, 0.29) is 11.6 Å². The zero-order chi connectivity index (χ0) is 16.5. The van der Waals surface area contributed by atoms with Crippen LogP contribution in [0.4, 0.5) is 8.78 Å². The van der Waals surface area contributed by atoms with E-state index in [1.165, 1.54) is 24.3 Å². The van der Waals surface area contributed by atoms with E-state index in [1.54, 1.807) is 25.2 Å². The highest BCUT2D eigenvalue weighted by molar-refractivity contribution is 5.79. The van der Waals surface area contributed by atoms with Crippen molar-refractivity contribution >= 4 is 5.96 Å².